The molecule has 1 saturated carbocycles. The number of carbonyl (C=O) groups is 1. The summed E-state index contributed by atoms with van der Waals surface area (Å²) in [5, 5.41) is 20.6. The molecule has 1 aliphatic carbocycles. The number of ether oxygens (including phenoxy) is 1. The zero-order valence-corrected chi connectivity index (χ0v) is 17.9. The molecule has 0 saturated heterocycles. The first-order valence-electron chi connectivity index (χ1n) is 10.9. The molecule has 2 N–H and O–H groups in total. The Hall–Kier alpha value is -1.71. The zero-order chi connectivity index (χ0) is 20.6. The van der Waals surface area contributed by atoms with Crippen LogP contribution in [0.25, 0.3) is 0 Å². The first-order valence-corrected chi connectivity index (χ1v) is 10.9. The van der Waals surface area contributed by atoms with Crippen LogP contribution in [0.4, 0.5) is 0 Å². The summed E-state index contributed by atoms with van der Waals surface area (Å²) in [4.78, 5) is 10.5. The number of rotatable bonds is 13. The van der Waals surface area contributed by atoms with Crippen LogP contribution in [0.3, 0.4) is 0 Å². The highest BCUT2D eigenvalue weighted by atomic mass is 16.5. The first-order chi connectivity index (χ1) is 13.2. The highest BCUT2D eigenvalue weighted by Gasteiger charge is 2.44. The Balaban J connectivity index is 1.75. The average Bonchev–Trinajstić information content (AvgIpc) is 3.37. The number of phenols is 2. The van der Waals surface area contributed by atoms with Gasteiger partial charge in [0.25, 0.3) is 6.47 Å². The molecule has 158 valence electrons. The van der Waals surface area contributed by atoms with Crippen molar-refractivity contribution in [3.05, 3.63) is 23.3 Å². The predicted molar refractivity (Wildman–Crippen MR) is 113 cm³/mol. The molecule has 0 radical (unpaired) electrons. The van der Waals surface area contributed by atoms with Gasteiger partial charge >= 0.3 is 0 Å². The van der Waals surface area contributed by atoms with Crippen LogP contribution in [0.1, 0.15) is 96.1 Å². The molecule has 0 amide bonds. The van der Waals surface area contributed by atoms with Crippen molar-refractivity contribution in [2.45, 2.75) is 103 Å². The summed E-state index contributed by atoms with van der Waals surface area (Å²) in [7, 11) is 0. The third-order valence-corrected chi connectivity index (χ3v) is 5.81. The van der Waals surface area contributed by atoms with Crippen LogP contribution in [0.5, 0.6) is 11.5 Å². The maximum absolute atomic E-state index is 10.6. The summed E-state index contributed by atoms with van der Waals surface area (Å²) >= 11 is 0. The van der Waals surface area contributed by atoms with E-state index in [1.807, 2.05) is 0 Å². The monoisotopic (exact) mass is 390 g/mol. The number of unbranched alkanes of at least 4 members (excludes halogenated alkanes) is 4. The minimum absolute atomic E-state index is 0.208. The Morgan fingerprint density at radius 3 is 2.07 bits per heavy atom. The molecule has 1 fully saturated rings. The Kier molecular flexibility index (Phi) is 8.21. The summed E-state index contributed by atoms with van der Waals surface area (Å²) in [6.07, 6.45) is 12.1. The van der Waals surface area contributed by atoms with Gasteiger partial charge in [-0.15, -0.1) is 0 Å². The van der Waals surface area contributed by atoms with E-state index in [0.29, 0.717) is 17.6 Å². The van der Waals surface area contributed by atoms with E-state index in [4.69, 9.17) is 4.74 Å². The molecule has 0 spiro atoms. The minimum Gasteiger partial charge on any atom is -0.508 e. The van der Waals surface area contributed by atoms with E-state index >= 15 is 0 Å². The van der Waals surface area contributed by atoms with Gasteiger partial charge in [-0.3, -0.25) is 4.79 Å². The summed E-state index contributed by atoms with van der Waals surface area (Å²) < 4.78 is 5.18. The summed E-state index contributed by atoms with van der Waals surface area (Å²) in [6.45, 7) is 7.39. The second-order valence-corrected chi connectivity index (χ2v) is 9.69. The van der Waals surface area contributed by atoms with Crippen LogP contribution in [0, 0.1) is 5.41 Å². The number of aromatic hydroxyl groups is 2. The molecular formula is C24H38O4. The predicted octanol–water partition coefficient (Wildman–Crippen LogP) is 6.06. The summed E-state index contributed by atoms with van der Waals surface area (Å²) in [5.41, 5.74) is 1.87. The molecule has 0 heterocycles. The number of benzene rings is 1. The number of carbonyl (C=O) groups excluding carboxylic acids is 1. The van der Waals surface area contributed by atoms with Crippen molar-refractivity contribution < 1.29 is 19.7 Å². The maximum atomic E-state index is 10.6. The smallest absolute Gasteiger partial charge is 0.293 e. The largest absolute Gasteiger partial charge is 0.508 e. The fraction of sp³-hybridized carbons (Fsp3) is 0.708. The van der Waals surface area contributed by atoms with E-state index in [9.17, 15) is 15.0 Å². The lowest BCUT2D eigenvalue weighted by Crippen LogP contribution is -2.12. The molecule has 4 heteroatoms. The molecule has 4 nitrogen and oxygen atoms in total. The summed E-state index contributed by atoms with van der Waals surface area (Å²) in [5.74, 6) is 0.580. The molecule has 1 aromatic carbocycles. The van der Waals surface area contributed by atoms with Gasteiger partial charge in [-0.25, -0.2) is 0 Å². The van der Waals surface area contributed by atoms with Crippen molar-refractivity contribution in [3.63, 3.8) is 0 Å². The molecule has 0 atom stereocenters. The van der Waals surface area contributed by atoms with Gasteiger partial charge in [-0.2, -0.15) is 0 Å². The third kappa shape index (κ3) is 7.73. The lowest BCUT2D eigenvalue weighted by Gasteiger charge is -2.17. The van der Waals surface area contributed by atoms with Crippen molar-refractivity contribution in [1.29, 1.82) is 0 Å². The Labute approximate surface area is 170 Å². The van der Waals surface area contributed by atoms with E-state index < -0.39 is 0 Å². The van der Waals surface area contributed by atoms with Gasteiger partial charge in [0.05, 0.1) is 0 Å². The fourth-order valence-electron chi connectivity index (χ4n) is 3.88. The van der Waals surface area contributed by atoms with E-state index in [0.717, 1.165) is 68.9 Å². The van der Waals surface area contributed by atoms with Gasteiger partial charge in [-0.1, -0.05) is 40.0 Å². The van der Waals surface area contributed by atoms with Crippen molar-refractivity contribution in [2.75, 3.05) is 0 Å². The van der Waals surface area contributed by atoms with Crippen molar-refractivity contribution in [1.82, 2.24) is 0 Å². The van der Waals surface area contributed by atoms with Gasteiger partial charge in [0.15, 0.2) is 0 Å². The van der Waals surface area contributed by atoms with Gasteiger partial charge in [0.2, 0.25) is 0 Å². The quantitative estimate of drug-likeness (QED) is 0.244. The van der Waals surface area contributed by atoms with Crippen LogP contribution in [0.2, 0.25) is 0 Å². The van der Waals surface area contributed by atoms with Crippen molar-refractivity contribution >= 4 is 6.47 Å². The molecule has 0 bridgehead atoms. The van der Waals surface area contributed by atoms with Crippen LogP contribution >= 0.6 is 0 Å². The van der Waals surface area contributed by atoms with E-state index in [1.165, 1.54) is 19.3 Å². The van der Waals surface area contributed by atoms with Crippen LogP contribution in [-0.2, 0) is 22.4 Å². The van der Waals surface area contributed by atoms with Gasteiger partial charge in [0.1, 0.15) is 17.1 Å². The number of phenolic OH excluding ortho intramolecular Hbond substituents is 2. The topological polar surface area (TPSA) is 66.8 Å². The van der Waals surface area contributed by atoms with Crippen LogP contribution < -0.4 is 0 Å². The molecule has 28 heavy (non-hydrogen) atoms. The van der Waals surface area contributed by atoms with Crippen LogP contribution in [-0.4, -0.2) is 22.3 Å². The Morgan fingerprint density at radius 2 is 1.54 bits per heavy atom. The van der Waals surface area contributed by atoms with Gasteiger partial charge < -0.3 is 14.9 Å². The lowest BCUT2D eigenvalue weighted by atomic mass is 9.89. The molecule has 1 aromatic rings. The normalized spacial score (nSPS) is 15.4. The van der Waals surface area contributed by atoms with Gasteiger partial charge in [0, 0.05) is 0 Å². The van der Waals surface area contributed by atoms with E-state index in [1.54, 1.807) is 12.1 Å². The summed E-state index contributed by atoms with van der Waals surface area (Å²) in [6, 6.07) is 3.38. The Bertz CT molecular complexity index is 626. The van der Waals surface area contributed by atoms with Crippen molar-refractivity contribution in [2.24, 2.45) is 5.41 Å². The Morgan fingerprint density at radius 1 is 0.964 bits per heavy atom. The molecule has 2 rings (SSSR count). The van der Waals surface area contributed by atoms with Crippen LogP contribution in [0.15, 0.2) is 12.1 Å². The average molecular weight is 391 g/mol. The third-order valence-electron chi connectivity index (χ3n) is 5.81. The van der Waals surface area contributed by atoms with Crippen molar-refractivity contribution in [3.8, 4) is 11.5 Å². The zero-order valence-electron chi connectivity index (χ0n) is 17.9. The molecule has 1 aliphatic rings. The van der Waals surface area contributed by atoms with E-state index in [-0.39, 0.29) is 11.4 Å². The lowest BCUT2D eigenvalue weighted by molar-refractivity contribution is -0.135. The number of aryl methyl sites for hydroxylation is 2. The number of hydrogen-bond acceptors (Lipinski definition) is 4. The molecule has 0 aromatic heterocycles. The fourth-order valence-corrected chi connectivity index (χ4v) is 3.88. The minimum atomic E-state index is -0.208. The molecule has 0 aliphatic heterocycles. The second kappa shape index (κ2) is 10.2. The molecular weight excluding hydrogens is 352 g/mol. The number of hydrogen-bond donors (Lipinski definition) is 2. The second-order valence-electron chi connectivity index (χ2n) is 9.69. The van der Waals surface area contributed by atoms with Gasteiger partial charge in [-0.05, 0) is 86.5 Å². The first kappa shape index (κ1) is 22.6. The highest BCUT2D eigenvalue weighted by Crippen LogP contribution is 2.43. The highest BCUT2D eigenvalue weighted by molar-refractivity contribution is 5.46. The molecule has 0 unspecified atom stereocenters. The standard InChI is InChI=1S/C24H38O4/c1-23(2,3)12-8-5-4-6-10-19-16-21(26)17-20(22(19)27)11-7-9-13-24(14-15-24)28-18-25/h16-18,26-27H,4-15H2,1-3H3. The SMILES string of the molecule is CC(C)(C)CCCCCCc1cc(O)cc(CCCCC2(OC=O)CC2)c1O. The maximum Gasteiger partial charge on any atom is 0.293 e. The van der Waals surface area contributed by atoms with E-state index in [2.05, 4.69) is 20.8 Å².